The molecule has 0 radical (unpaired) electrons. The van der Waals surface area contributed by atoms with Gasteiger partial charge >= 0.3 is 0 Å². The van der Waals surface area contributed by atoms with E-state index in [0.717, 1.165) is 25.8 Å². The highest BCUT2D eigenvalue weighted by molar-refractivity contribution is 7.90. The van der Waals surface area contributed by atoms with Crippen molar-refractivity contribution < 1.29 is 13.6 Å². The van der Waals surface area contributed by atoms with Gasteiger partial charge in [0, 0.05) is 18.7 Å². The molecule has 104 valence electrons. The van der Waals surface area contributed by atoms with Crippen LogP contribution in [0.1, 0.15) is 6.42 Å². The molecule has 0 spiro atoms. The number of nitrogens with one attached hydrogen (secondary N) is 2. The van der Waals surface area contributed by atoms with E-state index in [1.54, 1.807) is 12.1 Å². The Morgan fingerprint density at radius 3 is 2.58 bits per heavy atom. The number of amidine groups is 1. The minimum atomic E-state index is -3.19. The van der Waals surface area contributed by atoms with Gasteiger partial charge in [0.2, 0.25) is 0 Å². The predicted molar refractivity (Wildman–Crippen MR) is 72.5 cm³/mol. The number of hydrogen-bond donors (Lipinski definition) is 3. The summed E-state index contributed by atoms with van der Waals surface area (Å²) in [6.07, 6.45) is 2.07. The van der Waals surface area contributed by atoms with Gasteiger partial charge in [-0.2, -0.15) is 0 Å². The van der Waals surface area contributed by atoms with E-state index in [2.05, 4.69) is 15.8 Å². The van der Waals surface area contributed by atoms with Crippen molar-refractivity contribution in [2.24, 2.45) is 10.9 Å². The van der Waals surface area contributed by atoms with Crippen LogP contribution >= 0.6 is 0 Å². The fourth-order valence-electron chi connectivity index (χ4n) is 2.00. The first kappa shape index (κ1) is 14.0. The number of benzene rings is 1. The maximum atomic E-state index is 11.3. The Morgan fingerprint density at radius 1 is 1.42 bits per heavy atom. The number of aliphatic imine (C=N–C) groups is 1. The standard InChI is InChI=1S/C12H17N3O3S/c1-19(17,18)11-4-2-10(3-5-11)14-12(15-16)9-6-7-13-8-9/h2-5,9,13,16H,6-8H2,1H3,(H,14,15). The molecule has 0 bridgehead atoms. The van der Waals surface area contributed by atoms with Gasteiger partial charge in [-0.3, -0.25) is 10.7 Å². The van der Waals surface area contributed by atoms with Crippen molar-refractivity contribution in [1.82, 2.24) is 10.8 Å². The van der Waals surface area contributed by atoms with Crippen molar-refractivity contribution in [2.75, 3.05) is 19.3 Å². The van der Waals surface area contributed by atoms with Gasteiger partial charge in [-0.05, 0) is 37.2 Å². The first-order chi connectivity index (χ1) is 9.00. The summed E-state index contributed by atoms with van der Waals surface area (Å²) >= 11 is 0. The Hall–Kier alpha value is -1.44. The van der Waals surface area contributed by atoms with Crippen LogP contribution < -0.4 is 10.8 Å². The van der Waals surface area contributed by atoms with E-state index in [1.807, 2.05) is 0 Å². The summed E-state index contributed by atoms with van der Waals surface area (Å²) < 4.78 is 22.7. The molecule has 1 aromatic carbocycles. The fourth-order valence-corrected chi connectivity index (χ4v) is 2.63. The largest absolute Gasteiger partial charge is 0.316 e. The van der Waals surface area contributed by atoms with Crippen molar-refractivity contribution in [3.8, 4) is 0 Å². The van der Waals surface area contributed by atoms with E-state index < -0.39 is 9.84 Å². The van der Waals surface area contributed by atoms with Crippen LogP contribution in [0.3, 0.4) is 0 Å². The number of hydroxylamine groups is 1. The van der Waals surface area contributed by atoms with E-state index >= 15 is 0 Å². The van der Waals surface area contributed by atoms with E-state index in [0.29, 0.717) is 11.5 Å². The number of sulfone groups is 1. The zero-order valence-electron chi connectivity index (χ0n) is 10.6. The lowest BCUT2D eigenvalue weighted by molar-refractivity contribution is 0.228. The van der Waals surface area contributed by atoms with Crippen molar-refractivity contribution in [1.29, 1.82) is 0 Å². The third-order valence-electron chi connectivity index (χ3n) is 3.08. The molecule has 1 heterocycles. The molecule has 0 aromatic heterocycles. The van der Waals surface area contributed by atoms with Gasteiger partial charge in [0.15, 0.2) is 9.84 Å². The van der Waals surface area contributed by atoms with Crippen LogP contribution in [0.15, 0.2) is 34.2 Å². The lowest BCUT2D eigenvalue weighted by atomic mass is 10.1. The second-order valence-electron chi connectivity index (χ2n) is 4.56. The average molecular weight is 283 g/mol. The second kappa shape index (κ2) is 5.68. The number of hydrogen-bond acceptors (Lipinski definition) is 5. The Balaban J connectivity index is 2.21. The predicted octanol–water partition coefficient (Wildman–Crippen LogP) is 0.708. The maximum absolute atomic E-state index is 11.3. The summed E-state index contributed by atoms with van der Waals surface area (Å²) in [5.74, 6) is 0.650. The SMILES string of the molecule is CS(=O)(=O)c1ccc(N=C(NO)C2CCNC2)cc1. The van der Waals surface area contributed by atoms with Crippen molar-refractivity contribution >= 4 is 21.4 Å². The van der Waals surface area contributed by atoms with Crippen molar-refractivity contribution in [3.05, 3.63) is 24.3 Å². The summed E-state index contributed by atoms with van der Waals surface area (Å²) in [6, 6.07) is 6.26. The normalized spacial score (nSPS) is 20.5. The molecule has 0 amide bonds. The van der Waals surface area contributed by atoms with Crippen LogP contribution in [-0.2, 0) is 9.84 Å². The summed E-state index contributed by atoms with van der Waals surface area (Å²) in [4.78, 5) is 4.56. The van der Waals surface area contributed by atoms with E-state index in [4.69, 9.17) is 5.21 Å². The molecule has 1 aromatic rings. The van der Waals surface area contributed by atoms with Gasteiger partial charge in [0.1, 0.15) is 5.84 Å². The van der Waals surface area contributed by atoms with Crippen LogP contribution in [-0.4, -0.2) is 38.8 Å². The Morgan fingerprint density at radius 2 is 2.11 bits per heavy atom. The van der Waals surface area contributed by atoms with Crippen LogP contribution in [0.25, 0.3) is 0 Å². The summed E-state index contributed by atoms with van der Waals surface area (Å²) in [7, 11) is -3.19. The van der Waals surface area contributed by atoms with Gasteiger partial charge in [-0.15, -0.1) is 0 Å². The Kier molecular flexibility index (Phi) is 4.18. The molecule has 0 aliphatic carbocycles. The Bertz CT molecular complexity index is 560. The minimum Gasteiger partial charge on any atom is -0.316 e. The van der Waals surface area contributed by atoms with Crippen LogP contribution in [0, 0.1) is 5.92 Å². The average Bonchev–Trinajstić information content (AvgIpc) is 2.89. The minimum absolute atomic E-state index is 0.152. The zero-order chi connectivity index (χ0) is 13.9. The molecule has 6 nitrogen and oxygen atoms in total. The van der Waals surface area contributed by atoms with Crippen LogP contribution in [0.5, 0.6) is 0 Å². The third kappa shape index (κ3) is 3.52. The van der Waals surface area contributed by atoms with Gasteiger partial charge in [-0.1, -0.05) is 0 Å². The first-order valence-corrected chi connectivity index (χ1v) is 7.89. The zero-order valence-corrected chi connectivity index (χ0v) is 11.4. The van der Waals surface area contributed by atoms with Crippen molar-refractivity contribution in [2.45, 2.75) is 11.3 Å². The lowest BCUT2D eigenvalue weighted by Gasteiger charge is -2.10. The molecular formula is C12H17N3O3S. The van der Waals surface area contributed by atoms with Gasteiger partial charge in [0.05, 0.1) is 10.6 Å². The fraction of sp³-hybridized carbons (Fsp3) is 0.417. The summed E-state index contributed by atoms with van der Waals surface area (Å²) in [6.45, 7) is 1.67. The van der Waals surface area contributed by atoms with Gasteiger partial charge in [-0.25, -0.2) is 13.4 Å². The summed E-state index contributed by atoms with van der Waals surface area (Å²) in [5, 5.41) is 12.3. The monoisotopic (exact) mass is 283 g/mol. The highest BCUT2D eigenvalue weighted by Gasteiger charge is 2.20. The molecular weight excluding hydrogens is 266 g/mol. The van der Waals surface area contributed by atoms with E-state index in [9.17, 15) is 8.42 Å². The lowest BCUT2D eigenvalue weighted by Crippen LogP contribution is -2.29. The molecule has 19 heavy (non-hydrogen) atoms. The second-order valence-corrected chi connectivity index (χ2v) is 6.58. The molecule has 2 rings (SSSR count). The van der Waals surface area contributed by atoms with Crippen LogP contribution in [0.4, 0.5) is 5.69 Å². The van der Waals surface area contributed by atoms with E-state index in [-0.39, 0.29) is 10.8 Å². The quantitative estimate of drug-likeness (QED) is 0.432. The Labute approximate surface area is 112 Å². The molecule has 3 N–H and O–H groups in total. The molecule has 1 fully saturated rings. The molecule has 1 atom stereocenters. The topological polar surface area (TPSA) is 90.8 Å². The number of rotatable bonds is 3. The van der Waals surface area contributed by atoms with Gasteiger partial charge < -0.3 is 5.32 Å². The van der Waals surface area contributed by atoms with E-state index in [1.165, 1.54) is 12.1 Å². The summed E-state index contributed by atoms with van der Waals surface area (Å²) in [5.41, 5.74) is 2.74. The van der Waals surface area contributed by atoms with Crippen LogP contribution in [0.2, 0.25) is 0 Å². The highest BCUT2D eigenvalue weighted by atomic mass is 32.2. The molecule has 1 unspecified atom stereocenters. The van der Waals surface area contributed by atoms with Gasteiger partial charge in [0.25, 0.3) is 0 Å². The number of nitrogens with zero attached hydrogens (tertiary/aromatic N) is 1. The molecule has 1 saturated heterocycles. The smallest absolute Gasteiger partial charge is 0.175 e. The first-order valence-electron chi connectivity index (χ1n) is 6.00. The third-order valence-corrected chi connectivity index (χ3v) is 4.20. The molecule has 1 aliphatic rings. The maximum Gasteiger partial charge on any atom is 0.175 e. The molecule has 1 aliphatic heterocycles. The van der Waals surface area contributed by atoms with Crippen molar-refractivity contribution in [3.63, 3.8) is 0 Å². The highest BCUT2D eigenvalue weighted by Crippen LogP contribution is 2.18. The molecule has 0 saturated carbocycles. The molecule has 7 heteroatoms.